The number of nitrogens with two attached hydrogens (primary N) is 1. The molecule has 0 saturated carbocycles. The smallest absolute Gasteiger partial charge is 0.410 e. The van der Waals surface area contributed by atoms with E-state index < -0.39 is 0 Å². The molecule has 0 atom stereocenters. The average Bonchev–Trinajstić information content (AvgIpc) is 2.14. The maximum atomic E-state index is 5.16. The summed E-state index contributed by atoms with van der Waals surface area (Å²) in [5.41, 5.74) is 6.24. The van der Waals surface area contributed by atoms with Crippen LogP contribution in [0.3, 0.4) is 0 Å². The minimum Gasteiger partial charge on any atom is -0.410 e. The number of benzene rings is 1. The molecule has 0 radical (unpaired) electrons. The Morgan fingerprint density at radius 1 is 1.17 bits per heavy atom. The monoisotopic (exact) mass is 165 g/mol. The molecule has 0 aliphatic carbocycles. The standard InChI is InChI=1S/C8H12BNO2/c10-7-12-9-11-6-8-4-2-1-3-5-8/h1-5,9H,6-7,10H2. The van der Waals surface area contributed by atoms with E-state index in [-0.39, 0.29) is 14.4 Å². The first-order chi connectivity index (χ1) is 5.93. The summed E-state index contributed by atoms with van der Waals surface area (Å²) in [7, 11) is 0.255. The molecular formula is C8H12BNO2. The summed E-state index contributed by atoms with van der Waals surface area (Å²) in [5.74, 6) is 0. The summed E-state index contributed by atoms with van der Waals surface area (Å²) in [6.07, 6.45) is 0. The fraction of sp³-hybridized carbons (Fsp3) is 0.250. The van der Waals surface area contributed by atoms with Crippen LogP contribution in [-0.4, -0.2) is 14.4 Å². The summed E-state index contributed by atoms with van der Waals surface area (Å²) in [5, 5.41) is 0. The second-order valence-corrected chi connectivity index (χ2v) is 2.32. The van der Waals surface area contributed by atoms with E-state index in [4.69, 9.17) is 15.0 Å². The Labute approximate surface area is 72.8 Å². The Bertz CT molecular complexity index is 205. The zero-order chi connectivity index (χ0) is 8.65. The lowest BCUT2D eigenvalue weighted by molar-refractivity contribution is 0.219. The number of rotatable bonds is 5. The first kappa shape index (κ1) is 9.25. The van der Waals surface area contributed by atoms with Gasteiger partial charge in [0.25, 0.3) is 0 Å². The van der Waals surface area contributed by atoms with E-state index in [0.717, 1.165) is 5.56 Å². The van der Waals surface area contributed by atoms with E-state index in [0.29, 0.717) is 6.61 Å². The molecule has 3 nitrogen and oxygen atoms in total. The van der Waals surface area contributed by atoms with E-state index in [1.54, 1.807) is 0 Å². The van der Waals surface area contributed by atoms with Gasteiger partial charge in [-0.25, -0.2) is 0 Å². The molecule has 64 valence electrons. The molecule has 0 bridgehead atoms. The molecule has 0 spiro atoms. The van der Waals surface area contributed by atoms with Crippen LogP contribution >= 0.6 is 0 Å². The maximum Gasteiger partial charge on any atom is 0.439 e. The van der Waals surface area contributed by atoms with Crippen LogP contribution in [0.1, 0.15) is 5.56 Å². The van der Waals surface area contributed by atoms with Crippen LogP contribution in [0.25, 0.3) is 0 Å². The molecule has 1 rings (SSSR count). The molecule has 0 saturated heterocycles. The van der Waals surface area contributed by atoms with Gasteiger partial charge in [-0.3, -0.25) is 0 Å². The third kappa shape index (κ3) is 3.53. The normalized spacial score (nSPS) is 9.75. The van der Waals surface area contributed by atoms with Crippen molar-refractivity contribution in [2.24, 2.45) is 5.73 Å². The molecular weight excluding hydrogens is 153 g/mol. The fourth-order valence-electron chi connectivity index (χ4n) is 0.841. The molecule has 0 fully saturated rings. The Kier molecular flexibility index (Phi) is 4.45. The van der Waals surface area contributed by atoms with Gasteiger partial charge in [-0.1, -0.05) is 30.3 Å². The number of hydrogen-bond donors (Lipinski definition) is 1. The molecule has 1 aromatic rings. The minimum atomic E-state index is 0.203. The fourth-order valence-corrected chi connectivity index (χ4v) is 0.841. The highest BCUT2D eigenvalue weighted by atomic mass is 16.6. The van der Waals surface area contributed by atoms with E-state index in [9.17, 15) is 0 Å². The highest BCUT2D eigenvalue weighted by molar-refractivity contribution is 6.17. The van der Waals surface area contributed by atoms with Crippen LogP contribution in [0.5, 0.6) is 0 Å². The van der Waals surface area contributed by atoms with Gasteiger partial charge in [-0.05, 0) is 5.56 Å². The van der Waals surface area contributed by atoms with Crippen LogP contribution in [0.2, 0.25) is 0 Å². The summed E-state index contributed by atoms with van der Waals surface area (Å²) in [6, 6.07) is 9.93. The van der Waals surface area contributed by atoms with E-state index >= 15 is 0 Å². The average molecular weight is 165 g/mol. The first-order valence-corrected chi connectivity index (χ1v) is 3.83. The summed E-state index contributed by atoms with van der Waals surface area (Å²) >= 11 is 0. The zero-order valence-electron chi connectivity index (χ0n) is 6.90. The SMILES string of the molecule is NCOBOCc1ccccc1. The minimum absolute atomic E-state index is 0.203. The van der Waals surface area contributed by atoms with Crippen molar-refractivity contribution >= 4 is 7.69 Å². The van der Waals surface area contributed by atoms with E-state index in [2.05, 4.69) is 0 Å². The Morgan fingerprint density at radius 2 is 1.92 bits per heavy atom. The van der Waals surface area contributed by atoms with Gasteiger partial charge in [0.15, 0.2) is 0 Å². The maximum absolute atomic E-state index is 5.16. The lowest BCUT2D eigenvalue weighted by Gasteiger charge is -2.01. The summed E-state index contributed by atoms with van der Waals surface area (Å²) in [6.45, 7) is 0.773. The predicted molar refractivity (Wildman–Crippen MR) is 48.5 cm³/mol. The van der Waals surface area contributed by atoms with E-state index in [1.165, 1.54) is 0 Å². The van der Waals surface area contributed by atoms with Crippen molar-refractivity contribution in [3.8, 4) is 0 Å². The van der Waals surface area contributed by atoms with Crippen molar-refractivity contribution in [2.45, 2.75) is 6.61 Å². The first-order valence-electron chi connectivity index (χ1n) is 3.83. The molecule has 0 amide bonds. The van der Waals surface area contributed by atoms with Gasteiger partial charge in [-0.15, -0.1) is 0 Å². The van der Waals surface area contributed by atoms with Crippen LogP contribution in [0, 0.1) is 0 Å². The van der Waals surface area contributed by atoms with Gasteiger partial charge >= 0.3 is 7.69 Å². The molecule has 1 aromatic carbocycles. The summed E-state index contributed by atoms with van der Waals surface area (Å²) in [4.78, 5) is 0. The molecule has 0 aliphatic heterocycles. The lowest BCUT2D eigenvalue weighted by atomic mass is 10.2. The zero-order valence-corrected chi connectivity index (χ0v) is 6.90. The van der Waals surface area contributed by atoms with Crippen LogP contribution in [0.4, 0.5) is 0 Å². The van der Waals surface area contributed by atoms with Crippen molar-refractivity contribution in [2.75, 3.05) is 6.73 Å². The third-order valence-electron chi connectivity index (χ3n) is 1.40. The largest absolute Gasteiger partial charge is 0.439 e. The van der Waals surface area contributed by atoms with Crippen molar-refractivity contribution in [3.63, 3.8) is 0 Å². The Balaban J connectivity index is 2.16. The molecule has 0 unspecified atom stereocenters. The highest BCUT2D eigenvalue weighted by Gasteiger charge is 1.92. The molecule has 4 heteroatoms. The third-order valence-corrected chi connectivity index (χ3v) is 1.40. The van der Waals surface area contributed by atoms with Crippen molar-refractivity contribution < 1.29 is 9.31 Å². The molecule has 0 heterocycles. The second-order valence-electron chi connectivity index (χ2n) is 2.32. The van der Waals surface area contributed by atoms with Crippen LogP contribution in [-0.2, 0) is 15.9 Å². The lowest BCUT2D eigenvalue weighted by Crippen LogP contribution is -2.11. The van der Waals surface area contributed by atoms with Crippen molar-refractivity contribution in [3.05, 3.63) is 35.9 Å². The second kappa shape index (κ2) is 5.77. The van der Waals surface area contributed by atoms with Crippen molar-refractivity contribution in [1.82, 2.24) is 0 Å². The van der Waals surface area contributed by atoms with Gasteiger partial charge in [-0.2, -0.15) is 0 Å². The van der Waals surface area contributed by atoms with Gasteiger partial charge < -0.3 is 15.0 Å². The Morgan fingerprint density at radius 3 is 2.58 bits per heavy atom. The van der Waals surface area contributed by atoms with Gasteiger partial charge in [0, 0.05) is 0 Å². The van der Waals surface area contributed by atoms with Crippen LogP contribution < -0.4 is 5.73 Å². The summed E-state index contributed by atoms with van der Waals surface area (Å²) < 4.78 is 9.97. The molecule has 0 aromatic heterocycles. The topological polar surface area (TPSA) is 44.5 Å². The van der Waals surface area contributed by atoms with E-state index in [1.807, 2.05) is 30.3 Å². The molecule has 2 N–H and O–H groups in total. The van der Waals surface area contributed by atoms with Crippen molar-refractivity contribution in [1.29, 1.82) is 0 Å². The Hall–Kier alpha value is -0.835. The highest BCUT2D eigenvalue weighted by Crippen LogP contribution is 1.99. The molecule has 12 heavy (non-hydrogen) atoms. The van der Waals surface area contributed by atoms with Gasteiger partial charge in [0.2, 0.25) is 0 Å². The van der Waals surface area contributed by atoms with Crippen LogP contribution in [0.15, 0.2) is 30.3 Å². The number of hydrogen-bond acceptors (Lipinski definition) is 3. The van der Waals surface area contributed by atoms with Gasteiger partial charge in [0.1, 0.15) is 0 Å². The van der Waals surface area contributed by atoms with Gasteiger partial charge in [0.05, 0.1) is 13.3 Å². The molecule has 0 aliphatic rings. The predicted octanol–water partition coefficient (Wildman–Crippen LogP) is 0.402. The quantitative estimate of drug-likeness (QED) is 0.390.